The van der Waals surface area contributed by atoms with Crippen molar-refractivity contribution in [3.63, 3.8) is 0 Å². The number of nitrogens with zero attached hydrogens (tertiary/aromatic N) is 2. The highest BCUT2D eigenvalue weighted by Gasteiger charge is 2.13. The number of para-hydroxylation sites is 1. The van der Waals surface area contributed by atoms with Gasteiger partial charge in [0, 0.05) is 23.1 Å². The molecule has 0 bridgehead atoms. The molecule has 1 aromatic heterocycles. The van der Waals surface area contributed by atoms with Gasteiger partial charge in [-0.2, -0.15) is 5.26 Å². The van der Waals surface area contributed by atoms with Crippen molar-refractivity contribution in [3.8, 4) is 11.8 Å². The second kappa shape index (κ2) is 10.0. The van der Waals surface area contributed by atoms with E-state index in [2.05, 4.69) is 16.9 Å². The first kappa shape index (κ1) is 20.1. The van der Waals surface area contributed by atoms with Gasteiger partial charge in [0.15, 0.2) is 5.13 Å². The van der Waals surface area contributed by atoms with Gasteiger partial charge in [-0.05, 0) is 17.7 Å². The summed E-state index contributed by atoms with van der Waals surface area (Å²) in [6.07, 6.45) is 5.62. The summed E-state index contributed by atoms with van der Waals surface area (Å²) < 4.78 is 5.58. The normalized spacial score (nSPS) is 10.8. The van der Waals surface area contributed by atoms with E-state index in [0.717, 1.165) is 11.3 Å². The molecule has 0 atom stereocenters. The third-order valence-electron chi connectivity index (χ3n) is 3.94. The Kier molecular flexibility index (Phi) is 6.93. The summed E-state index contributed by atoms with van der Waals surface area (Å²) in [4.78, 5) is 17.8. The van der Waals surface area contributed by atoms with E-state index < -0.39 is 5.91 Å². The monoisotopic (exact) mass is 401 g/mol. The van der Waals surface area contributed by atoms with Gasteiger partial charge in [0.25, 0.3) is 5.91 Å². The smallest absolute Gasteiger partial charge is 0.268 e. The van der Waals surface area contributed by atoms with Gasteiger partial charge in [-0.1, -0.05) is 61.2 Å². The standard InChI is InChI=1S/C23H19N3O2S/c1-2-12-28-21-11-7-6-10-18(21)14-19(15-24)22(27)26-23-25-16-20(29-23)13-17-8-4-3-5-9-17/h2-11,14,16H,1,12-13H2,(H,25,26,27)/b19-14+. The molecule has 1 amide bonds. The van der Waals surface area contributed by atoms with Crippen LogP contribution >= 0.6 is 11.3 Å². The highest BCUT2D eigenvalue weighted by atomic mass is 32.1. The summed E-state index contributed by atoms with van der Waals surface area (Å²) in [5.74, 6) is 0.0685. The van der Waals surface area contributed by atoms with Crippen LogP contribution < -0.4 is 10.1 Å². The fourth-order valence-corrected chi connectivity index (χ4v) is 3.43. The first-order valence-corrected chi connectivity index (χ1v) is 9.75. The van der Waals surface area contributed by atoms with Crippen LogP contribution in [0.4, 0.5) is 5.13 Å². The summed E-state index contributed by atoms with van der Waals surface area (Å²) in [6.45, 7) is 3.96. The number of thiazole rings is 1. The zero-order valence-electron chi connectivity index (χ0n) is 15.7. The van der Waals surface area contributed by atoms with Crippen molar-refractivity contribution in [1.82, 2.24) is 4.98 Å². The van der Waals surface area contributed by atoms with Crippen molar-refractivity contribution in [3.05, 3.63) is 95.0 Å². The van der Waals surface area contributed by atoms with Crippen LogP contribution in [0.1, 0.15) is 16.0 Å². The number of hydrogen-bond donors (Lipinski definition) is 1. The quantitative estimate of drug-likeness (QED) is 0.333. The van der Waals surface area contributed by atoms with E-state index in [1.165, 1.54) is 23.0 Å². The molecule has 5 nitrogen and oxygen atoms in total. The predicted molar refractivity (Wildman–Crippen MR) is 116 cm³/mol. The number of rotatable bonds is 8. The van der Waals surface area contributed by atoms with Gasteiger partial charge in [-0.3, -0.25) is 10.1 Å². The van der Waals surface area contributed by atoms with E-state index in [-0.39, 0.29) is 5.57 Å². The number of carbonyl (C=O) groups excluding carboxylic acids is 1. The van der Waals surface area contributed by atoms with Crippen LogP contribution in [0.2, 0.25) is 0 Å². The Morgan fingerprint density at radius 2 is 1.97 bits per heavy atom. The summed E-state index contributed by atoms with van der Waals surface area (Å²) >= 11 is 1.39. The van der Waals surface area contributed by atoms with Crippen molar-refractivity contribution in [1.29, 1.82) is 5.26 Å². The van der Waals surface area contributed by atoms with Crippen LogP contribution in [-0.4, -0.2) is 17.5 Å². The Hall–Kier alpha value is -3.69. The minimum Gasteiger partial charge on any atom is -0.489 e. The zero-order chi connectivity index (χ0) is 20.5. The molecule has 144 valence electrons. The molecule has 3 aromatic rings. The lowest BCUT2D eigenvalue weighted by molar-refractivity contribution is -0.112. The summed E-state index contributed by atoms with van der Waals surface area (Å²) in [5.41, 5.74) is 1.78. The molecular formula is C23H19N3O2S. The lowest BCUT2D eigenvalue weighted by Crippen LogP contribution is -2.13. The van der Waals surface area contributed by atoms with Crippen molar-refractivity contribution >= 4 is 28.5 Å². The van der Waals surface area contributed by atoms with Gasteiger partial charge in [0.1, 0.15) is 24.0 Å². The van der Waals surface area contributed by atoms with Gasteiger partial charge in [-0.15, -0.1) is 11.3 Å². The number of anilines is 1. The number of nitrogens with one attached hydrogen (secondary N) is 1. The number of hydrogen-bond acceptors (Lipinski definition) is 5. The third kappa shape index (κ3) is 5.64. The zero-order valence-corrected chi connectivity index (χ0v) is 16.5. The first-order chi connectivity index (χ1) is 14.2. The predicted octanol–water partition coefficient (Wildman–Crippen LogP) is 4.84. The highest BCUT2D eigenvalue weighted by molar-refractivity contribution is 7.15. The maximum absolute atomic E-state index is 12.5. The van der Waals surface area contributed by atoms with Crippen molar-refractivity contribution in [2.75, 3.05) is 11.9 Å². The number of amides is 1. The molecule has 2 aromatic carbocycles. The van der Waals surface area contributed by atoms with Crippen LogP contribution in [0.5, 0.6) is 5.75 Å². The topological polar surface area (TPSA) is 75.0 Å². The molecule has 0 saturated carbocycles. The van der Waals surface area contributed by atoms with Gasteiger partial charge < -0.3 is 4.74 Å². The summed E-state index contributed by atoms with van der Waals surface area (Å²) in [5, 5.41) is 12.6. The minimum atomic E-state index is -0.508. The Labute approximate surface area is 173 Å². The van der Waals surface area contributed by atoms with Gasteiger partial charge >= 0.3 is 0 Å². The largest absolute Gasteiger partial charge is 0.489 e. The van der Waals surface area contributed by atoms with Crippen LogP contribution in [0.15, 0.2) is 79.0 Å². The van der Waals surface area contributed by atoms with Gasteiger partial charge in [0.2, 0.25) is 0 Å². The van der Waals surface area contributed by atoms with Gasteiger partial charge in [-0.25, -0.2) is 4.98 Å². The van der Waals surface area contributed by atoms with E-state index in [0.29, 0.717) is 23.1 Å². The maximum atomic E-state index is 12.5. The maximum Gasteiger partial charge on any atom is 0.268 e. The number of carbonyl (C=O) groups is 1. The second-order valence-electron chi connectivity index (χ2n) is 6.06. The van der Waals surface area contributed by atoms with Crippen LogP contribution in [-0.2, 0) is 11.2 Å². The Morgan fingerprint density at radius 3 is 2.72 bits per heavy atom. The molecule has 29 heavy (non-hydrogen) atoms. The third-order valence-corrected chi connectivity index (χ3v) is 4.85. The lowest BCUT2D eigenvalue weighted by Gasteiger charge is -2.07. The molecule has 0 unspecified atom stereocenters. The average Bonchev–Trinajstić information content (AvgIpc) is 3.18. The fraction of sp³-hybridized carbons (Fsp3) is 0.0870. The number of aromatic nitrogens is 1. The molecule has 1 heterocycles. The molecule has 0 spiro atoms. The Morgan fingerprint density at radius 1 is 1.21 bits per heavy atom. The molecule has 0 radical (unpaired) electrons. The first-order valence-electron chi connectivity index (χ1n) is 8.94. The van der Waals surface area contributed by atoms with E-state index in [1.54, 1.807) is 24.4 Å². The SMILES string of the molecule is C=CCOc1ccccc1/C=C(\C#N)C(=O)Nc1ncc(Cc2ccccc2)s1. The molecule has 3 rings (SSSR count). The molecule has 0 aliphatic heterocycles. The van der Waals surface area contributed by atoms with E-state index in [9.17, 15) is 10.1 Å². The molecule has 0 saturated heterocycles. The van der Waals surface area contributed by atoms with Crippen LogP contribution in [0.3, 0.4) is 0 Å². The Bertz CT molecular complexity index is 1060. The average molecular weight is 401 g/mol. The highest BCUT2D eigenvalue weighted by Crippen LogP contribution is 2.24. The molecule has 1 N–H and O–H groups in total. The molecule has 6 heteroatoms. The van der Waals surface area contributed by atoms with E-state index in [1.807, 2.05) is 48.5 Å². The number of benzene rings is 2. The fourth-order valence-electron chi connectivity index (χ4n) is 2.59. The minimum absolute atomic E-state index is 0.0283. The Balaban J connectivity index is 1.72. The second-order valence-corrected chi connectivity index (χ2v) is 7.17. The van der Waals surface area contributed by atoms with E-state index >= 15 is 0 Å². The number of nitriles is 1. The molecule has 0 aliphatic rings. The van der Waals surface area contributed by atoms with Crippen molar-refractivity contribution in [2.24, 2.45) is 0 Å². The summed E-state index contributed by atoms with van der Waals surface area (Å²) in [7, 11) is 0. The molecule has 0 fully saturated rings. The van der Waals surface area contributed by atoms with Crippen LogP contribution in [0, 0.1) is 11.3 Å². The van der Waals surface area contributed by atoms with E-state index in [4.69, 9.17) is 4.74 Å². The lowest BCUT2D eigenvalue weighted by atomic mass is 10.1. The molecule has 0 aliphatic carbocycles. The van der Waals surface area contributed by atoms with Crippen molar-refractivity contribution < 1.29 is 9.53 Å². The van der Waals surface area contributed by atoms with Crippen molar-refractivity contribution in [2.45, 2.75) is 6.42 Å². The van der Waals surface area contributed by atoms with Crippen LogP contribution in [0.25, 0.3) is 6.08 Å². The number of ether oxygens (including phenoxy) is 1. The summed E-state index contributed by atoms with van der Waals surface area (Å²) in [6, 6.07) is 19.2. The molecular weight excluding hydrogens is 382 g/mol. The van der Waals surface area contributed by atoms with Gasteiger partial charge in [0.05, 0.1) is 0 Å².